The molecule has 2 heteroatoms. The first-order valence-corrected chi connectivity index (χ1v) is 7.28. The summed E-state index contributed by atoms with van der Waals surface area (Å²) in [6.07, 6.45) is 5.62. The van der Waals surface area contributed by atoms with Crippen molar-refractivity contribution in [1.29, 1.82) is 0 Å². The van der Waals surface area contributed by atoms with Gasteiger partial charge in [-0.05, 0) is 37.3 Å². The minimum Gasteiger partial charge on any atom is -0.491 e. The maximum Gasteiger partial charge on any atom is 0.124 e. The molecule has 98 valence electrons. The highest BCUT2D eigenvalue weighted by Gasteiger charge is 2.25. The van der Waals surface area contributed by atoms with Crippen LogP contribution < -0.4 is 10.1 Å². The molecule has 1 aliphatic carbocycles. The second kappa shape index (κ2) is 5.31. The fourth-order valence-electron chi connectivity index (χ4n) is 3.39. The van der Waals surface area contributed by atoms with Crippen molar-refractivity contribution in [1.82, 2.24) is 5.32 Å². The average molecular weight is 245 g/mol. The fourth-order valence-corrected chi connectivity index (χ4v) is 3.39. The van der Waals surface area contributed by atoms with Crippen molar-refractivity contribution in [2.75, 3.05) is 13.2 Å². The Kier molecular flexibility index (Phi) is 3.55. The second-order valence-electron chi connectivity index (χ2n) is 5.95. The molecule has 0 bridgehead atoms. The van der Waals surface area contributed by atoms with Crippen molar-refractivity contribution in [3.05, 3.63) is 29.8 Å². The molecule has 0 radical (unpaired) electrons. The highest BCUT2D eigenvalue weighted by atomic mass is 16.5. The van der Waals surface area contributed by atoms with E-state index < -0.39 is 0 Å². The Hall–Kier alpha value is -1.02. The largest absolute Gasteiger partial charge is 0.491 e. The number of benzene rings is 1. The molecule has 3 rings (SSSR count). The van der Waals surface area contributed by atoms with Crippen LogP contribution in [0.3, 0.4) is 0 Å². The van der Waals surface area contributed by atoms with E-state index in [2.05, 4.69) is 30.4 Å². The quantitative estimate of drug-likeness (QED) is 0.879. The molecule has 2 aliphatic rings. The van der Waals surface area contributed by atoms with Crippen LogP contribution in [0.25, 0.3) is 0 Å². The van der Waals surface area contributed by atoms with E-state index >= 15 is 0 Å². The highest BCUT2D eigenvalue weighted by molar-refractivity contribution is 5.39. The smallest absolute Gasteiger partial charge is 0.124 e. The summed E-state index contributed by atoms with van der Waals surface area (Å²) in [5.41, 5.74) is 1.33. The van der Waals surface area contributed by atoms with Crippen LogP contribution in [0, 0.1) is 11.8 Å². The first kappa shape index (κ1) is 12.0. The Morgan fingerprint density at radius 3 is 3.06 bits per heavy atom. The minimum absolute atomic E-state index is 0.401. The highest BCUT2D eigenvalue weighted by Crippen LogP contribution is 2.33. The average Bonchev–Trinajstić information content (AvgIpc) is 2.80. The molecule has 1 N–H and O–H groups in total. The zero-order chi connectivity index (χ0) is 12.4. The van der Waals surface area contributed by atoms with Gasteiger partial charge in [0.1, 0.15) is 12.4 Å². The number of ether oxygens (including phenoxy) is 1. The number of fused-ring (bicyclic) bond motifs is 1. The van der Waals surface area contributed by atoms with Crippen molar-refractivity contribution in [3.8, 4) is 5.75 Å². The van der Waals surface area contributed by atoms with Crippen LogP contribution in [0.4, 0.5) is 0 Å². The fraction of sp³-hybridized carbons (Fsp3) is 0.625. The van der Waals surface area contributed by atoms with Crippen LogP contribution in [0.15, 0.2) is 24.3 Å². The second-order valence-corrected chi connectivity index (χ2v) is 5.95. The zero-order valence-electron chi connectivity index (χ0n) is 11.2. The van der Waals surface area contributed by atoms with Crippen LogP contribution >= 0.6 is 0 Å². The predicted molar refractivity (Wildman–Crippen MR) is 73.8 cm³/mol. The lowest BCUT2D eigenvalue weighted by Gasteiger charge is -2.27. The molecule has 3 atom stereocenters. The Morgan fingerprint density at radius 2 is 2.17 bits per heavy atom. The molecule has 0 amide bonds. The van der Waals surface area contributed by atoms with Gasteiger partial charge >= 0.3 is 0 Å². The van der Waals surface area contributed by atoms with E-state index in [9.17, 15) is 0 Å². The van der Waals surface area contributed by atoms with Crippen molar-refractivity contribution in [3.63, 3.8) is 0 Å². The van der Waals surface area contributed by atoms with E-state index in [0.29, 0.717) is 6.04 Å². The van der Waals surface area contributed by atoms with Gasteiger partial charge < -0.3 is 10.1 Å². The van der Waals surface area contributed by atoms with Crippen LogP contribution in [0.1, 0.15) is 44.2 Å². The molecule has 0 aromatic heterocycles. The number of hydrogen-bond acceptors (Lipinski definition) is 2. The molecule has 1 aliphatic heterocycles. The van der Waals surface area contributed by atoms with Gasteiger partial charge in [-0.15, -0.1) is 0 Å². The van der Waals surface area contributed by atoms with Gasteiger partial charge in [0.25, 0.3) is 0 Å². The van der Waals surface area contributed by atoms with Crippen LogP contribution in [-0.4, -0.2) is 13.2 Å². The monoisotopic (exact) mass is 245 g/mol. The van der Waals surface area contributed by atoms with Crippen molar-refractivity contribution in [2.24, 2.45) is 11.8 Å². The van der Waals surface area contributed by atoms with Crippen LogP contribution in [0.2, 0.25) is 0 Å². The number of rotatable bonds is 3. The predicted octanol–water partition coefficient (Wildman–Crippen LogP) is 3.54. The van der Waals surface area contributed by atoms with Crippen LogP contribution in [-0.2, 0) is 0 Å². The molecule has 18 heavy (non-hydrogen) atoms. The summed E-state index contributed by atoms with van der Waals surface area (Å²) in [5, 5.41) is 3.70. The van der Waals surface area contributed by atoms with E-state index in [1.165, 1.54) is 31.2 Å². The van der Waals surface area contributed by atoms with E-state index in [0.717, 1.165) is 30.7 Å². The minimum atomic E-state index is 0.401. The molecule has 0 saturated heterocycles. The first-order chi connectivity index (χ1) is 8.83. The van der Waals surface area contributed by atoms with E-state index in [1.807, 2.05) is 6.07 Å². The Labute approximate surface area is 110 Å². The van der Waals surface area contributed by atoms with E-state index in [4.69, 9.17) is 4.74 Å². The standard InChI is InChI=1S/C16H23NO/c1-12-5-4-6-13(9-12)10-17-15-11-18-16-8-3-2-7-14(15)16/h2-3,7-8,12-13,15,17H,4-6,9-11H2,1H3. The van der Waals surface area contributed by atoms with Gasteiger partial charge in [0.2, 0.25) is 0 Å². The zero-order valence-corrected chi connectivity index (χ0v) is 11.2. The maximum absolute atomic E-state index is 5.71. The summed E-state index contributed by atoms with van der Waals surface area (Å²) < 4.78 is 5.71. The van der Waals surface area contributed by atoms with Gasteiger partial charge in [0.15, 0.2) is 0 Å². The summed E-state index contributed by atoms with van der Waals surface area (Å²) in [5.74, 6) is 2.84. The Bertz CT molecular complexity index is 404. The van der Waals surface area contributed by atoms with Gasteiger partial charge in [-0.3, -0.25) is 0 Å². The molecule has 0 spiro atoms. The van der Waals surface area contributed by atoms with Gasteiger partial charge in [0, 0.05) is 5.56 Å². The molecular weight excluding hydrogens is 222 g/mol. The van der Waals surface area contributed by atoms with Crippen molar-refractivity contribution >= 4 is 0 Å². The molecule has 1 saturated carbocycles. The van der Waals surface area contributed by atoms with Crippen molar-refractivity contribution < 1.29 is 4.74 Å². The molecule has 1 aromatic carbocycles. The SMILES string of the molecule is CC1CCCC(CNC2COc3ccccc32)C1. The van der Waals surface area contributed by atoms with Crippen LogP contribution in [0.5, 0.6) is 5.75 Å². The summed E-state index contributed by atoms with van der Waals surface area (Å²) in [6, 6.07) is 8.80. The molecule has 2 nitrogen and oxygen atoms in total. The summed E-state index contributed by atoms with van der Waals surface area (Å²) >= 11 is 0. The summed E-state index contributed by atoms with van der Waals surface area (Å²) in [6.45, 7) is 4.33. The van der Waals surface area contributed by atoms with Gasteiger partial charge in [-0.2, -0.15) is 0 Å². The third-order valence-electron chi connectivity index (χ3n) is 4.40. The van der Waals surface area contributed by atoms with Gasteiger partial charge in [-0.25, -0.2) is 0 Å². The molecule has 1 heterocycles. The lowest BCUT2D eigenvalue weighted by molar-refractivity contribution is 0.253. The molecule has 3 unspecified atom stereocenters. The summed E-state index contributed by atoms with van der Waals surface area (Å²) in [4.78, 5) is 0. The third-order valence-corrected chi connectivity index (χ3v) is 4.40. The Morgan fingerprint density at radius 1 is 1.28 bits per heavy atom. The van der Waals surface area contributed by atoms with Gasteiger partial charge in [0.05, 0.1) is 6.04 Å². The number of hydrogen-bond donors (Lipinski definition) is 1. The Balaban J connectivity index is 1.55. The number of para-hydroxylation sites is 1. The van der Waals surface area contributed by atoms with E-state index in [-0.39, 0.29) is 0 Å². The third kappa shape index (κ3) is 2.54. The first-order valence-electron chi connectivity index (χ1n) is 7.28. The normalized spacial score (nSPS) is 30.8. The molecule has 1 fully saturated rings. The maximum atomic E-state index is 5.71. The lowest BCUT2D eigenvalue weighted by Crippen LogP contribution is -2.30. The lowest BCUT2D eigenvalue weighted by atomic mass is 9.82. The van der Waals surface area contributed by atoms with Gasteiger partial charge in [-0.1, -0.05) is 38.0 Å². The molecule has 1 aromatic rings. The number of nitrogens with one attached hydrogen (secondary N) is 1. The topological polar surface area (TPSA) is 21.3 Å². The van der Waals surface area contributed by atoms with E-state index in [1.54, 1.807) is 0 Å². The molecular formula is C16H23NO. The summed E-state index contributed by atoms with van der Waals surface area (Å²) in [7, 11) is 0. The van der Waals surface area contributed by atoms with Crippen molar-refractivity contribution in [2.45, 2.75) is 38.6 Å².